The third kappa shape index (κ3) is 4.74. The Morgan fingerprint density at radius 1 is 1.10 bits per heavy atom. The van der Waals surface area contributed by atoms with Crippen LogP contribution in [0.3, 0.4) is 0 Å². The van der Waals surface area contributed by atoms with E-state index < -0.39 is 0 Å². The molecule has 1 unspecified atom stereocenters. The summed E-state index contributed by atoms with van der Waals surface area (Å²) in [5.41, 5.74) is -0.347. The van der Waals surface area contributed by atoms with Gasteiger partial charge in [-0.15, -0.1) is 0 Å². The smallest absolute Gasteiger partial charge is 0.240 e. The van der Waals surface area contributed by atoms with Crippen LogP contribution in [-0.4, -0.2) is 37.1 Å². The van der Waals surface area contributed by atoms with Gasteiger partial charge in [-0.25, -0.2) is 0 Å². The van der Waals surface area contributed by atoms with Crippen LogP contribution in [0.4, 0.5) is 0 Å². The Balaban J connectivity index is 1.61. The lowest BCUT2D eigenvalue weighted by atomic mass is 9.90. The Kier molecular flexibility index (Phi) is 6.30. The van der Waals surface area contributed by atoms with Gasteiger partial charge >= 0.3 is 0 Å². The lowest BCUT2D eigenvalue weighted by Gasteiger charge is -2.33. The largest absolute Gasteiger partial charge is 0.353 e. The summed E-state index contributed by atoms with van der Waals surface area (Å²) in [7, 11) is 0. The number of carbonyl (C=O) groups excluding carboxylic acids is 1. The van der Waals surface area contributed by atoms with Crippen LogP contribution >= 0.6 is 0 Å². The minimum Gasteiger partial charge on any atom is -0.353 e. The van der Waals surface area contributed by atoms with E-state index in [9.17, 15) is 4.79 Å². The molecule has 2 fully saturated rings. The third-order valence-corrected chi connectivity index (χ3v) is 4.82. The first-order valence-electron chi connectivity index (χ1n) is 8.47. The van der Waals surface area contributed by atoms with Crippen LogP contribution in [0.1, 0.15) is 64.7 Å². The van der Waals surface area contributed by atoms with Crippen LogP contribution in [0.5, 0.6) is 0 Å². The number of piperidine rings is 1. The van der Waals surface area contributed by atoms with Crippen molar-refractivity contribution in [2.45, 2.75) is 76.3 Å². The molecule has 20 heavy (non-hydrogen) atoms. The third-order valence-electron chi connectivity index (χ3n) is 4.82. The highest BCUT2D eigenvalue weighted by atomic mass is 16.2. The Morgan fingerprint density at radius 3 is 2.50 bits per heavy atom. The summed E-state index contributed by atoms with van der Waals surface area (Å²) in [6.45, 7) is 4.63. The highest BCUT2D eigenvalue weighted by Crippen LogP contribution is 2.19. The van der Waals surface area contributed by atoms with E-state index in [2.05, 4.69) is 16.0 Å². The second-order valence-electron chi connectivity index (χ2n) is 6.61. The zero-order valence-electron chi connectivity index (χ0n) is 13.0. The average Bonchev–Trinajstić information content (AvgIpc) is 2.73. The zero-order valence-corrected chi connectivity index (χ0v) is 13.0. The van der Waals surface area contributed by atoms with E-state index in [0.29, 0.717) is 6.04 Å². The molecule has 4 nitrogen and oxygen atoms in total. The highest BCUT2D eigenvalue weighted by Gasteiger charge is 2.33. The van der Waals surface area contributed by atoms with Gasteiger partial charge in [0.1, 0.15) is 0 Å². The molecular formula is C16H31N3O. The fourth-order valence-electron chi connectivity index (χ4n) is 3.38. The van der Waals surface area contributed by atoms with Crippen LogP contribution in [-0.2, 0) is 4.79 Å². The van der Waals surface area contributed by atoms with Crippen LogP contribution in [0, 0.1) is 0 Å². The van der Waals surface area contributed by atoms with Crippen LogP contribution < -0.4 is 16.0 Å². The molecule has 1 aliphatic carbocycles. The lowest BCUT2D eigenvalue weighted by molar-refractivity contribution is -0.127. The molecule has 4 heteroatoms. The summed E-state index contributed by atoms with van der Waals surface area (Å²) >= 11 is 0. The SMILES string of the molecule is CC1(C(=O)NCCNC2CCCCCC2)CCCCN1. The molecule has 0 bridgehead atoms. The maximum atomic E-state index is 12.2. The average molecular weight is 281 g/mol. The van der Waals surface area contributed by atoms with E-state index >= 15 is 0 Å². The molecule has 0 radical (unpaired) electrons. The molecule has 2 rings (SSSR count). The molecule has 3 N–H and O–H groups in total. The molecular weight excluding hydrogens is 250 g/mol. The summed E-state index contributed by atoms with van der Waals surface area (Å²) in [5.74, 6) is 0.167. The van der Waals surface area contributed by atoms with Gasteiger partial charge in [0.25, 0.3) is 0 Å². The molecule has 1 heterocycles. The molecule has 1 saturated carbocycles. The van der Waals surface area contributed by atoms with Gasteiger partial charge in [-0.2, -0.15) is 0 Å². The van der Waals surface area contributed by atoms with Crippen LogP contribution in [0.2, 0.25) is 0 Å². The molecule has 1 atom stereocenters. The summed E-state index contributed by atoms with van der Waals surface area (Å²) in [5, 5.41) is 10.0. The molecule has 0 spiro atoms. The highest BCUT2D eigenvalue weighted by molar-refractivity contribution is 5.85. The first-order valence-corrected chi connectivity index (χ1v) is 8.47. The number of rotatable bonds is 5. The molecule has 0 aromatic heterocycles. The van der Waals surface area contributed by atoms with Gasteiger partial charge in [0, 0.05) is 19.1 Å². The van der Waals surface area contributed by atoms with Gasteiger partial charge in [0.15, 0.2) is 0 Å². The monoisotopic (exact) mass is 281 g/mol. The standard InChI is InChI=1S/C16H31N3O/c1-16(10-6-7-11-19-16)15(20)18-13-12-17-14-8-4-2-3-5-9-14/h14,17,19H,2-13H2,1H3,(H,18,20). The topological polar surface area (TPSA) is 53.2 Å². The van der Waals surface area contributed by atoms with Crippen molar-refractivity contribution in [2.75, 3.05) is 19.6 Å². The van der Waals surface area contributed by atoms with E-state index in [1.165, 1.54) is 44.9 Å². The van der Waals surface area contributed by atoms with Gasteiger partial charge in [-0.1, -0.05) is 25.7 Å². The molecule has 1 amide bonds. The predicted molar refractivity (Wildman–Crippen MR) is 82.8 cm³/mol. The Bertz CT molecular complexity index is 292. The van der Waals surface area contributed by atoms with E-state index in [0.717, 1.165) is 32.5 Å². The maximum Gasteiger partial charge on any atom is 0.240 e. The molecule has 1 aliphatic heterocycles. The van der Waals surface area contributed by atoms with Crippen molar-refractivity contribution in [1.82, 2.24) is 16.0 Å². The molecule has 2 aliphatic rings. The Morgan fingerprint density at radius 2 is 1.85 bits per heavy atom. The minimum absolute atomic E-state index is 0.167. The minimum atomic E-state index is -0.347. The van der Waals surface area contributed by atoms with Crippen molar-refractivity contribution < 1.29 is 4.79 Å². The number of hydrogen-bond acceptors (Lipinski definition) is 3. The van der Waals surface area contributed by atoms with E-state index in [-0.39, 0.29) is 11.4 Å². The second-order valence-corrected chi connectivity index (χ2v) is 6.61. The van der Waals surface area contributed by atoms with Crippen molar-refractivity contribution in [3.05, 3.63) is 0 Å². The first kappa shape index (κ1) is 15.8. The zero-order chi connectivity index (χ0) is 14.3. The van der Waals surface area contributed by atoms with Crippen LogP contribution in [0.15, 0.2) is 0 Å². The van der Waals surface area contributed by atoms with Crippen molar-refractivity contribution in [3.8, 4) is 0 Å². The Labute approximate surface area is 123 Å². The van der Waals surface area contributed by atoms with E-state index in [4.69, 9.17) is 0 Å². The second kappa shape index (κ2) is 7.99. The van der Waals surface area contributed by atoms with Gasteiger partial charge in [-0.05, 0) is 45.6 Å². The maximum absolute atomic E-state index is 12.2. The van der Waals surface area contributed by atoms with Crippen molar-refractivity contribution in [2.24, 2.45) is 0 Å². The Hall–Kier alpha value is -0.610. The fraction of sp³-hybridized carbons (Fsp3) is 0.938. The number of amides is 1. The van der Waals surface area contributed by atoms with Gasteiger partial charge in [0.2, 0.25) is 5.91 Å². The van der Waals surface area contributed by atoms with Gasteiger partial charge in [-0.3, -0.25) is 4.79 Å². The van der Waals surface area contributed by atoms with Crippen molar-refractivity contribution in [3.63, 3.8) is 0 Å². The fourth-order valence-corrected chi connectivity index (χ4v) is 3.38. The summed E-state index contributed by atoms with van der Waals surface area (Å²) in [6.07, 6.45) is 11.4. The quantitative estimate of drug-likeness (QED) is 0.533. The van der Waals surface area contributed by atoms with Crippen LogP contribution in [0.25, 0.3) is 0 Å². The summed E-state index contributed by atoms with van der Waals surface area (Å²) < 4.78 is 0. The normalized spacial score (nSPS) is 28.9. The first-order chi connectivity index (χ1) is 9.71. The van der Waals surface area contributed by atoms with Gasteiger partial charge < -0.3 is 16.0 Å². The molecule has 0 aromatic carbocycles. The van der Waals surface area contributed by atoms with Crippen molar-refractivity contribution >= 4 is 5.91 Å². The lowest BCUT2D eigenvalue weighted by Crippen LogP contribution is -2.57. The predicted octanol–water partition coefficient (Wildman–Crippen LogP) is 1.95. The molecule has 0 aromatic rings. The van der Waals surface area contributed by atoms with Crippen molar-refractivity contribution in [1.29, 1.82) is 0 Å². The number of nitrogens with one attached hydrogen (secondary N) is 3. The van der Waals surface area contributed by atoms with E-state index in [1.54, 1.807) is 0 Å². The number of hydrogen-bond donors (Lipinski definition) is 3. The van der Waals surface area contributed by atoms with Gasteiger partial charge in [0.05, 0.1) is 5.54 Å². The number of carbonyl (C=O) groups is 1. The summed E-state index contributed by atoms with van der Waals surface area (Å²) in [6, 6.07) is 0.665. The van der Waals surface area contributed by atoms with E-state index in [1.807, 2.05) is 6.92 Å². The molecule has 116 valence electrons. The summed E-state index contributed by atoms with van der Waals surface area (Å²) in [4.78, 5) is 12.2. The molecule has 1 saturated heterocycles.